The van der Waals surface area contributed by atoms with Crippen molar-refractivity contribution in [3.8, 4) is 0 Å². The molecule has 0 aliphatic rings. The molecule has 0 aliphatic carbocycles. The molecule has 0 saturated heterocycles. The summed E-state index contributed by atoms with van der Waals surface area (Å²) in [5.74, 6) is 0. The molecule has 0 nitrogen and oxygen atoms in total. The Balaban J connectivity index is 4.05. The molecule has 0 aromatic carbocycles. The first-order chi connectivity index (χ1) is 5.60. The molecule has 0 saturated carbocycles. The number of rotatable bonds is 3. The lowest BCUT2D eigenvalue weighted by atomic mass is 9.88. The molecular formula is C12H24S. The van der Waals surface area contributed by atoms with Gasteiger partial charge in [0.05, 0.1) is 0 Å². The normalized spacial score (nSPS) is 14.8. The summed E-state index contributed by atoms with van der Waals surface area (Å²) in [6.45, 7) is 13.3. The van der Waals surface area contributed by atoms with Crippen LogP contribution in [0.2, 0.25) is 0 Å². The van der Waals surface area contributed by atoms with E-state index in [2.05, 4.69) is 60.2 Å². The molecule has 0 rings (SSSR count). The Labute approximate surface area is 89.2 Å². The summed E-state index contributed by atoms with van der Waals surface area (Å²) in [5, 5.41) is 0. The largest absolute Gasteiger partial charge is 0.173 e. The lowest BCUT2D eigenvalue weighted by Crippen LogP contribution is -2.09. The predicted molar refractivity (Wildman–Crippen MR) is 65.5 cm³/mol. The highest BCUT2D eigenvalue weighted by atomic mass is 32.1. The summed E-state index contributed by atoms with van der Waals surface area (Å²) in [7, 11) is 0. The topological polar surface area (TPSA) is 0 Å². The van der Waals surface area contributed by atoms with Crippen LogP contribution in [0.15, 0.2) is 11.6 Å². The van der Waals surface area contributed by atoms with E-state index in [0.717, 1.165) is 6.42 Å². The maximum absolute atomic E-state index is 4.50. The Bertz CT molecular complexity index is 176. The summed E-state index contributed by atoms with van der Waals surface area (Å²) < 4.78 is 0.124. The predicted octanol–water partition coefficient (Wildman–Crippen LogP) is 4.47. The van der Waals surface area contributed by atoms with Gasteiger partial charge in [-0.15, -0.1) is 0 Å². The van der Waals surface area contributed by atoms with Crippen molar-refractivity contribution in [1.29, 1.82) is 0 Å². The molecule has 0 unspecified atom stereocenters. The van der Waals surface area contributed by atoms with Gasteiger partial charge in [0, 0.05) is 4.75 Å². The molecule has 0 heterocycles. The highest BCUT2D eigenvalue weighted by Crippen LogP contribution is 2.25. The minimum atomic E-state index is 0.124. The average molecular weight is 200 g/mol. The van der Waals surface area contributed by atoms with Crippen LogP contribution in [0.3, 0.4) is 0 Å². The zero-order valence-corrected chi connectivity index (χ0v) is 10.8. The Kier molecular flexibility index (Phi) is 4.58. The second-order valence-corrected chi connectivity index (χ2v) is 7.02. The summed E-state index contributed by atoms with van der Waals surface area (Å²) in [4.78, 5) is 0. The summed E-state index contributed by atoms with van der Waals surface area (Å²) in [5.41, 5.74) is 1.89. The van der Waals surface area contributed by atoms with E-state index in [9.17, 15) is 0 Å². The van der Waals surface area contributed by atoms with E-state index in [1.165, 1.54) is 12.0 Å². The van der Waals surface area contributed by atoms with Crippen LogP contribution in [0.5, 0.6) is 0 Å². The number of hydrogen-bond donors (Lipinski definition) is 1. The molecule has 0 amide bonds. The van der Waals surface area contributed by atoms with Crippen LogP contribution >= 0.6 is 12.6 Å². The molecule has 0 aromatic heterocycles. The van der Waals surface area contributed by atoms with Gasteiger partial charge in [0.1, 0.15) is 0 Å². The van der Waals surface area contributed by atoms with Gasteiger partial charge >= 0.3 is 0 Å². The van der Waals surface area contributed by atoms with Crippen molar-refractivity contribution in [1.82, 2.24) is 0 Å². The van der Waals surface area contributed by atoms with Crippen molar-refractivity contribution >= 4 is 12.6 Å². The van der Waals surface area contributed by atoms with Crippen LogP contribution in [0, 0.1) is 5.41 Å². The number of thiol groups is 1. The molecule has 0 fully saturated rings. The third kappa shape index (κ3) is 10.0. The lowest BCUT2D eigenvalue weighted by Gasteiger charge is -2.20. The minimum absolute atomic E-state index is 0.124. The SMILES string of the molecule is C/C(=C\CC(C)(C)S)CC(C)(C)C. The summed E-state index contributed by atoms with van der Waals surface area (Å²) >= 11 is 4.50. The summed E-state index contributed by atoms with van der Waals surface area (Å²) in [6.07, 6.45) is 4.55. The Hall–Kier alpha value is 0.0900. The highest BCUT2D eigenvalue weighted by Gasteiger charge is 2.12. The second-order valence-electron chi connectivity index (χ2n) is 5.80. The molecule has 0 atom stereocenters. The lowest BCUT2D eigenvalue weighted by molar-refractivity contribution is 0.409. The zero-order chi connectivity index (χ0) is 10.7. The maximum Gasteiger partial charge on any atom is 0.0108 e. The fourth-order valence-electron chi connectivity index (χ4n) is 1.33. The molecule has 0 aromatic rings. The Morgan fingerprint density at radius 3 is 1.92 bits per heavy atom. The fraction of sp³-hybridized carbons (Fsp3) is 0.833. The van der Waals surface area contributed by atoms with Gasteiger partial charge in [-0.25, -0.2) is 0 Å². The summed E-state index contributed by atoms with van der Waals surface area (Å²) in [6, 6.07) is 0. The van der Waals surface area contributed by atoms with E-state index in [0.29, 0.717) is 5.41 Å². The van der Waals surface area contributed by atoms with Gasteiger partial charge in [0.25, 0.3) is 0 Å². The first kappa shape index (κ1) is 13.1. The average Bonchev–Trinajstić information content (AvgIpc) is 1.78. The van der Waals surface area contributed by atoms with Gasteiger partial charge in [-0.05, 0) is 25.2 Å². The van der Waals surface area contributed by atoms with E-state index in [1.807, 2.05) is 0 Å². The third-order valence-corrected chi connectivity index (χ3v) is 1.94. The Morgan fingerprint density at radius 1 is 1.15 bits per heavy atom. The number of allylic oxidation sites excluding steroid dienone is 2. The Morgan fingerprint density at radius 2 is 1.62 bits per heavy atom. The first-order valence-electron chi connectivity index (χ1n) is 4.98. The highest BCUT2D eigenvalue weighted by molar-refractivity contribution is 7.81. The molecule has 0 spiro atoms. The van der Waals surface area contributed by atoms with E-state index in [1.54, 1.807) is 0 Å². The van der Waals surface area contributed by atoms with E-state index in [-0.39, 0.29) is 4.75 Å². The maximum atomic E-state index is 4.50. The molecule has 0 bridgehead atoms. The van der Waals surface area contributed by atoms with Crippen molar-refractivity contribution in [2.24, 2.45) is 5.41 Å². The minimum Gasteiger partial charge on any atom is -0.173 e. The number of hydrogen-bond acceptors (Lipinski definition) is 1. The van der Waals surface area contributed by atoms with Crippen LogP contribution in [0.4, 0.5) is 0 Å². The second kappa shape index (κ2) is 4.54. The standard InChI is InChI=1S/C12H24S/c1-10(9-11(2,3)4)7-8-12(5,6)13/h7,13H,8-9H2,1-6H3/b10-7+. The molecular weight excluding hydrogens is 176 g/mol. The first-order valence-corrected chi connectivity index (χ1v) is 5.43. The van der Waals surface area contributed by atoms with Crippen molar-refractivity contribution < 1.29 is 0 Å². The van der Waals surface area contributed by atoms with Gasteiger partial charge < -0.3 is 0 Å². The van der Waals surface area contributed by atoms with Gasteiger partial charge in [0.15, 0.2) is 0 Å². The van der Waals surface area contributed by atoms with Crippen LogP contribution in [0.25, 0.3) is 0 Å². The van der Waals surface area contributed by atoms with E-state index < -0.39 is 0 Å². The zero-order valence-electron chi connectivity index (χ0n) is 9.94. The van der Waals surface area contributed by atoms with Gasteiger partial charge in [0.2, 0.25) is 0 Å². The smallest absolute Gasteiger partial charge is 0.0108 e. The quantitative estimate of drug-likeness (QED) is 0.504. The van der Waals surface area contributed by atoms with Crippen molar-refractivity contribution in [2.45, 2.75) is 59.1 Å². The molecule has 0 N–H and O–H groups in total. The molecule has 0 aliphatic heterocycles. The van der Waals surface area contributed by atoms with Crippen LogP contribution < -0.4 is 0 Å². The van der Waals surface area contributed by atoms with Crippen molar-refractivity contribution in [2.75, 3.05) is 0 Å². The molecule has 1 heteroatoms. The van der Waals surface area contributed by atoms with Crippen molar-refractivity contribution in [3.05, 3.63) is 11.6 Å². The molecule has 13 heavy (non-hydrogen) atoms. The molecule has 78 valence electrons. The van der Waals surface area contributed by atoms with Crippen LogP contribution in [-0.2, 0) is 0 Å². The van der Waals surface area contributed by atoms with Crippen LogP contribution in [-0.4, -0.2) is 4.75 Å². The monoisotopic (exact) mass is 200 g/mol. The van der Waals surface area contributed by atoms with Crippen molar-refractivity contribution in [3.63, 3.8) is 0 Å². The van der Waals surface area contributed by atoms with Gasteiger partial charge in [-0.2, -0.15) is 12.6 Å². The van der Waals surface area contributed by atoms with E-state index >= 15 is 0 Å². The fourth-order valence-corrected chi connectivity index (χ4v) is 1.42. The molecule has 0 radical (unpaired) electrons. The van der Waals surface area contributed by atoms with E-state index in [4.69, 9.17) is 0 Å². The van der Waals surface area contributed by atoms with Crippen LogP contribution in [0.1, 0.15) is 54.4 Å². The van der Waals surface area contributed by atoms with Gasteiger partial charge in [-0.1, -0.05) is 46.3 Å². The third-order valence-electron chi connectivity index (χ3n) is 1.76. The van der Waals surface area contributed by atoms with Gasteiger partial charge in [-0.3, -0.25) is 0 Å².